The van der Waals surface area contributed by atoms with E-state index in [-0.39, 0.29) is 31.0 Å². The molecular formula is C13H16BrFN2O3S. The van der Waals surface area contributed by atoms with Crippen LogP contribution in [0.1, 0.15) is 12.0 Å². The second-order valence-electron chi connectivity index (χ2n) is 4.90. The molecule has 0 amide bonds. The predicted molar refractivity (Wildman–Crippen MR) is 82.4 cm³/mol. The number of hydrogen-bond acceptors (Lipinski definition) is 4. The Morgan fingerprint density at radius 3 is 2.86 bits per heavy atom. The first kappa shape index (κ1) is 16.4. The van der Waals surface area contributed by atoms with Crippen LogP contribution in [-0.4, -0.2) is 39.3 Å². The summed E-state index contributed by atoms with van der Waals surface area (Å²) in [5.41, 5.74) is 5.91. The minimum atomic E-state index is -3.77. The van der Waals surface area contributed by atoms with E-state index in [0.717, 1.165) is 0 Å². The van der Waals surface area contributed by atoms with Crippen molar-refractivity contribution < 1.29 is 17.5 Å². The number of hydrogen-bond donors (Lipinski definition) is 1. The van der Waals surface area contributed by atoms with Gasteiger partial charge in [0.1, 0.15) is 11.7 Å². The fraction of sp³-hybridized carbons (Fsp3) is 0.462. The summed E-state index contributed by atoms with van der Waals surface area (Å²) in [5.74, 6) is -1.00. The molecule has 1 aromatic carbocycles. The molecule has 0 aliphatic carbocycles. The molecule has 1 aliphatic rings. The van der Waals surface area contributed by atoms with Crippen molar-refractivity contribution in [2.45, 2.75) is 16.9 Å². The number of nitrogens with two attached hydrogens (primary N) is 1. The minimum absolute atomic E-state index is 0.00963. The standard InChI is InChI=1S/C13H16BrFN2O3S/c1-17-12(16)13(4-5-20-8-13)21(18,19)7-9-6-10(14)2-3-11(9)15/h2-3,6H,4-5,7-8H2,1H3,(H2,16,17). The number of nitrogens with zero attached hydrogens (tertiary/aromatic N) is 1. The van der Waals surface area contributed by atoms with Crippen molar-refractivity contribution in [3.63, 3.8) is 0 Å². The van der Waals surface area contributed by atoms with Crippen LogP contribution in [0.3, 0.4) is 0 Å². The van der Waals surface area contributed by atoms with Gasteiger partial charge in [0.2, 0.25) is 0 Å². The van der Waals surface area contributed by atoms with Crippen LogP contribution in [-0.2, 0) is 20.3 Å². The molecule has 0 bridgehead atoms. The summed E-state index contributed by atoms with van der Waals surface area (Å²) < 4.78 is 43.8. The smallest absolute Gasteiger partial charge is 0.169 e. The summed E-state index contributed by atoms with van der Waals surface area (Å²) in [6, 6.07) is 4.20. The maximum atomic E-state index is 13.8. The van der Waals surface area contributed by atoms with Gasteiger partial charge in [-0.1, -0.05) is 15.9 Å². The Hall–Kier alpha value is -0.990. The van der Waals surface area contributed by atoms with E-state index in [9.17, 15) is 12.8 Å². The van der Waals surface area contributed by atoms with Crippen molar-refractivity contribution >= 4 is 31.6 Å². The highest BCUT2D eigenvalue weighted by Gasteiger charge is 2.50. The number of aliphatic imine (C=N–C) groups is 1. The first-order valence-electron chi connectivity index (χ1n) is 6.29. The maximum absolute atomic E-state index is 13.8. The highest BCUT2D eigenvalue weighted by atomic mass is 79.9. The lowest BCUT2D eigenvalue weighted by atomic mass is 10.1. The predicted octanol–water partition coefficient (Wildman–Crippen LogP) is 1.65. The van der Waals surface area contributed by atoms with Gasteiger partial charge in [0.15, 0.2) is 14.6 Å². The lowest BCUT2D eigenvalue weighted by molar-refractivity contribution is 0.195. The number of sulfone groups is 1. The van der Waals surface area contributed by atoms with Gasteiger partial charge in [0, 0.05) is 23.7 Å². The summed E-state index contributed by atoms with van der Waals surface area (Å²) in [5, 5.41) is 0. The van der Waals surface area contributed by atoms with Gasteiger partial charge in [-0.15, -0.1) is 0 Å². The number of halogens is 2. The minimum Gasteiger partial charge on any atom is -0.386 e. The lowest BCUT2D eigenvalue weighted by Crippen LogP contribution is -2.51. The van der Waals surface area contributed by atoms with Crippen LogP contribution in [0.2, 0.25) is 0 Å². The molecule has 0 saturated carbocycles. The molecule has 1 fully saturated rings. The van der Waals surface area contributed by atoms with Gasteiger partial charge in [0.05, 0.1) is 12.4 Å². The van der Waals surface area contributed by atoms with Crippen molar-refractivity contribution in [3.8, 4) is 0 Å². The molecular weight excluding hydrogens is 363 g/mol. The fourth-order valence-corrected chi connectivity index (χ4v) is 4.74. The molecule has 2 N–H and O–H groups in total. The van der Waals surface area contributed by atoms with Gasteiger partial charge in [0.25, 0.3) is 0 Å². The Bertz CT molecular complexity index is 670. The molecule has 116 valence electrons. The zero-order chi connectivity index (χ0) is 15.7. The summed E-state index contributed by atoms with van der Waals surface area (Å²) in [6.45, 7) is 0.241. The summed E-state index contributed by atoms with van der Waals surface area (Å²) in [6.07, 6.45) is 0.230. The van der Waals surface area contributed by atoms with Gasteiger partial charge in [-0.25, -0.2) is 12.8 Å². The van der Waals surface area contributed by atoms with Crippen molar-refractivity contribution in [3.05, 3.63) is 34.1 Å². The van der Waals surface area contributed by atoms with Crippen LogP contribution in [0.15, 0.2) is 27.7 Å². The normalized spacial score (nSPS) is 23.5. The first-order valence-corrected chi connectivity index (χ1v) is 8.73. The molecule has 1 unspecified atom stereocenters. The zero-order valence-electron chi connectivity index (χ0n) is 11.5. The monoisotopic (exact) mass is 378 g/mol. The summed E-state index contributed by atoms with van der Waals surface area (Å²) >= 11 is 3.21. The molecule has 0 aromatic heterocycles. The summed E-state index contributed by atoms with van der Waals surface area (Å²) in [4.78, 5) is 3.82. The maximum Gasteiger partial charge on any atom is 0.169 e. The number of amidine groups is 1. The molecule has 1 aliphatic heterocycles. The van der Waals surface area contributed by atoms with E-state index in [0.29, 0.717) is 4.47 Å². The Kier molecular flexibility index (Phi) is 4.69. The quantitative estimate of drug-likeness (QED) is 0.637. The van der Waals surface area contributed by atoms with E-state index in [1.165, 1.54) is 25.2 Å². The topological polar surface area (TPSA) is 81.8 Å². The van der Waals surface area contributed by atoms with Crippen LogP contribution >= 0.6 is 15.9 Å². The molecule has 1 aromatic rings. The SMILES string of the molecule is C/N=C(/N)C1(S(=O)(=O)Cc2cc(Br)ccc2F)CCOC1. The molecule has 21 heavy (non-hydrogen) atoms. The fourth-order valence-electron chi connectivity index (χ4n) is 2.35. The van der Waals surface area contributed by atoms with Crippen molar-refractivity contribution in [2.75, 3.05) is 20.3 Å². The van der Waals surface area contributed by atoms with Crippen molar-refractivity contribution in [1.82, 2.24) is 0 Å². The van der Waals surface area contributed by atoms with Crippen molar-refractivity contribution in [2.24, 2.45) is 10.7 Å². The highest BCUT2D eigenvalue weighted by Crippen LogP contribution is 2.32. The van der Waals surface area contributed by atoms with Crippen LogP contribution in [0.5, 0.6) is 0 Å². The number of benzene rings is 1. The van der Waals surface area contributed by atoms with Gasteiger partial charge in [-0.05, 0) is 24.6 Å². The highest BCUT2D eigenvalue weighted by molar-refractivity contribution is 9.10. The Labute approximate surface area is 131 Å². The third-order valence-electron chi connectivity index (χ3n) is 3.64. The number of ether oxygens (including phenoxy) is 1. The van der Waals surface area contributed by atoms with Gasteiger partial charge in [-0.3, -0.25) is 4.99 Å². The van der Waals surface area contributed by atoms with Gasteiger partial charge in [-0.2, -0.15) is 0 Å². The summed E-state index contributed by atoms with van der Waals surface area (Å²) in [7, 11) is -2.33. The van der Waals surface area contributed by atoms with Crippen LogP contribution in [0.25, 0.3) is 0 Å². The van der Waals surface area contributed by atoms with Gasteiger partial charge < -0.3 is 10.5 Å². The lowest BCUT2D eigenvalue weighted by Gasteiger charge is -2.26. The molecule has 1 saturated heterocycles. The van der Waals surface area contributed by atoms with Crippen LogP contribution in [0.4, 0.5) is 4.39 Å². The van der Waals surface area contributed by atoms with E-state index < -0.39 is 26.2 Å². The molecule has 5 nitrogen and oxygen atoms in total. The van der Waals surface area contributed by atoms with Crippen LogP contribution in [0, 0.1) is 5.82 Å². The van der Waals surface area contributed by atoms with E-state index >= 15 is 0 Å². The van der Waals surface area contributed by atoms with E-state index in [4.69, 9.17) is 10.5 Å². The molecule has 0 radical (unpaired) electrons. The average molecular weight is 379 g/mol. The molecule has 2 rings (SSSR count). The first-order chi connectivity index (χ1) is 9.82. The molecule has 1 atom stereocenters. The van der Waals surface area contributed by atoms with Crippen LogP contribution < -0.4 is 5.73 Å². The molecule has 0 spiro atoms. The van der Waals surface area contributed by atoms with Gasteiger partial charge >= 0.3 is 0 Å². The Morgan fingerprint density at radius 2 is 2.29 bits per heavy atom. The Morgan fingerprint density at radius 1 is 1.57 bits per heavy atom. The third kappa shape index (κ3) is 2.97. The van der Waals surface area contributed by atoms with E-state index in [1.807, 2.05) is 0 Å². The van der Waals surface area contributed by atoms with E-state index in [2.05, 4.69) is 20.9 Å². The van der Waals surface area contributed by atoms with E-state index in [1.54, 1.807) is 0 Å². The average Bonchev–Trinajstić information content (AvgIpc) is 2.93. The number of rotatable bonds is 4. The second kappa shape index (κ2) is 6.02. The second-order valence-corrected chi connectivity index (χ2v) is 8.12. The Balaban J connectivity index is 2.43. The molecule has 8 heteroatoms. The third-order valence-corrected chi connectivity index (χ3v) is 6.55. The van der Waals surface area contributed by atoms with Crippen molar-refractivity contribution in [1.29, 1.82) is 0 Å². The molecule has 1 heterocycles. The largest absolute Gasteiger partial charge is 0.386 e. The zero-order valence-corrected chi connectivity index (χ0v) is 13.9.